The summed E-state index contributed by atoms with van der Waals surface area (Å²) in [4.78, 5) is 16.8. The predicted octanol–water partition coefficient (Wildman–Crippen LogP) is 2.02. The van der Waals surface area contributed by atoms with Gasteiger partial charge in [-0.1, -0.05) is 6.42 Å². The minimum atomic E-state index is -0.490. The Morgan fingerprint density at radius 2 is 1.67 bits per heavy atom. The molecular formula is C17H30N2O2. The Kier molecular flexibility index (Phi) is 4.28. The van der Waals surface area contributed by atoms with Crippen LogP contribution in [0.4, 0.5) is 0 Å². The Labute approximate surface area is 128 Å². The van der Waals surface area contributed by atoms with Crippen LogP contribution in [0.25, 0.3) is 0 Å². The van der Waals surface area contributed by atoms with Crippen molar-refractivity contribution in [3.05, 3.63) is 0 Å². The van der Waals surface area contributed by atoms with Crippen molar-refractivity contribution in [1.29, 1.82) is 0 Å². The topological polar surface area (TPSA) is 43.8 Å². The van der Waals surface area contributed by atoms with E-state index in [1.165, 1.54) is 32.4 Å². The first-order chi connectivity index (χ1) is 10.0. The van der Waals surface area contributed by atoms with Crippen molar-refractivity contribution in [2.75, 3.05) is 32.7 Å². The lowest BCUT2D eigenvalue weighted by Gasteiger charge is -2.58. The van der Waals surface area contributed by atoms with Crippen LogP contribution in [0.3, 0.4) is 0 Å². The van der Waals surface area contributed by atoms with E-state index in [1.807, 2.05) is 11.8 Å². The van der Waals surface area contributed by atoms with Gasteiger partial charge in [0.2, 0.25) is 5.91 Å². The summed E-state index contributed by atoms with van der Waals surface area (Å²) in [7, 11) is 0. The molecular weight excluding hydrogens is 264 g/mol. The number of carbonyl (C=O) groups is 1. The summed E-state index contributed by atoms with van der Waals surface area (Å²) in [6.07, 6.45) is 8.61. The molecule has 120 valence electrons. The van der Waals surface area contributed by atoms with Crippen molar-refractivity contribution in [3.63, 3.8) is 0 Å². The summed E-state index contributed by atoms with van der Waals surface area (Å²) in [5.74, 6) is 0.314. The third-order valence-electron chi connectivity index (χ3n) is 6.40. The number of nitrogens with zero attached hydrogens (tertiary/aromatic N) is 2. The van der Waals surface area contributed by atoms with Gasteiger partial charge in [0.05, 0.1) is 5.60 Å². The van der Waals surface area contributed by atoms with E-state index in [2.05, 4.69) is 4.90 Å². The van der Waals surface area contributed by atoms with Gasteiger partial charge in [-0.25, -0.2) is 0 Å². The molecule has 4 heteroatoms. The van der Waals surface area contributed by atoms with Crippen LogP contribution < -0.4 is 0 Å². The molecule has 2 heterocycles. The van der Waals surface area contributed by atoms with E-state index in [0.29, 0.717) is 12.3 Å². The molecule has 2 aliphatic heterocycles. The van der Waals surface area contributed by atoms with Gasteiger partial charge >= 0.3 is 0 Å². The molecule has 1 atom stereocenters. The fraction of sp³-hybridized carbons (Fsp3) is 0.941. The molecule has 3 aliphatic rings. The summed E-state index contributed by atoms with van der Waals surface area (Å²) in [5, 5.41) is 10.4. The van der Waals surface area contributed by atoms with E-state index in [0.717, 1.165) is 45.3 Å². The highest BCUT2D eigenvalue weighted by molar-refractivity contribution is 5.76. The molecule has 1 unspecified atom stereocenters. The van der Waals surface area contributed by atoms with Crippen LogP contribution in [-0.2, 0) is 4.79 Å². The summed E-state index contributed by atoms with van der Waals surface area (Å²) in [6, 6.07) is 0. The number of hydrogen-bond acceptors (Lipinski definition) is 3. The average molecular weight is 294 g/mol. The van der Waals surface area contributed by atoms with Crippen molar-refractivity contribution in [2.45, 2.75) is 63.9 Å². The zero-order chi connectivity index (χ0) is 14.9. The number of amides is 1. The van der Waals surface area contributed by atoms with Crippen molar-refractivity contribution >= 4 is 5.91 Å². The molecule has 0 bridgehead atoms. The molecule has 21 heavy (non-hydrogen) atoms. The summed E-state index contributed by atoms with van der Waals surface area (Å²) < 4.78 is 0. The fourth-order valence-corrected chi connectivity index (χ4v) is 4.41. The molecule has 1 saturated carbocycles. The van der Waals surface area contributed by atoms with Gasteiger partial charge in [-0.3, -0.25) is 4.79 Å². The Balaban J connectivity index is 1.42. The second-order valence-electron chi connectivity index (χ2n) is 7.59. The number of hydrogen-bond donors (Lipinski definition) is 1. The molecule has 0 aromatic carbocycles. The van der Waals surface area contributed by atoms with Crippen LogP contribution in [0, 0.1) is 5.41 Å². The SMILES string of the molecule is CC1(O)CCC12CCN(C(=O)CCN1CCCCC1)CC2. The lowest BCUT2D eigenvalue weighted by molar-refractivity contribution is -0.180. The Hall–Kier alpha value is -0.610. The normalized spacial score (nSPS) is 33.0. The van der Waals surface area contributed by atoms with E-state index in [-0.39, 0.29) is 5.41 Å². The molecule has 1 spiro atoms. The average Bonchev–Trinajstić information content (AvgIpc) is 2.52. The minimum absolute atomic E-state index is 0.108. The summed E-state index contributed by atoms with van der Waals surface area (Å²) in [5.41, 5.74) is -0.382. The van der Waals surface area contributed by atoms with Gasteiger partial charge in [0.1, 0.15) is 0 Å². The molecule has 3 rings (SSSR count). The second kappa shape index (κ2) is 5.88. The highest BCUT2D eigenvalue weighted by atomic mass is 16.3. The second-order valence-corrected chi connectivity index (χ2v) is 7.59. The third-order valence-corrected chi connectivity index (χ3v) is 6.40. The van der Waals surface area contributed by atoms with Crippen LogP contribution in [0.15, 0.2) is 0 Å². The Bertz CT molecular complexity index is 380. The Morgan fingerprint density at radius 3 is 2.19 bits per heavy atom. The quantitative estimate of drug-likeness (QED) is 0.866. The van der Waals surface area contributed by atoms with E-state index in [1.54, 1.807) is 0 Å². The molecule has 4 nitrogen and oxygen atoms in total. The molecule has 0 aromatic heterocycles. The number of carbonyl (C=O) groups excluding carboxylic acids is 1. The maximum absolute atomic E-state index is 12.4. The van der Waals surface area contributed by atoms with E-state index >= 15 is 0 Å². The van der Waals surface area contributed by atoms with Crippen LogP contribution >= 0.6 is 0 Å². The molecule has 2 saturated heterocycles. The van der Waals surface area contributed by atoms with Gasteiger partial charge in [0.15, 0.2) is 0 Å². The maximum atomic E-state index is 12.4. The standard InChI is InChI=1S/C17H30N2O2/c1-16(21)6-7-17(16)8-13-19(14-9-17)15(20)5-12-18-10-3-2-4-11-18/h21H,2-14H2,1H3. The van der Waals surface area contributed by atoms with Crippen molar-refractivity contribution in [3.8, 4) is 0 Å². The number of piperidine rings is 2. The first-order valence-electron chi connectivity index (χ1n) is 8.75. The lowest BCUT2D eigenvalue weighted by atomic mass is 9.53. The van der Waals surface area contributed by atoms with Crippen LogP contribution in [-0.4, -0.2) is 59.1 Å². The lowest BCUT2D eigenvalue weighted by Crippen LogP contribution is -2.60. The predicted molar refractivity (Wildman–Crippen MR) is 83.0 cm³/mol. The molecule has 1 amide bonds. The zero-order valence-electron chi connectivity index (χ0n) is 13.4. The highest BCUT2D eigenvalue weighted by Crippen LogP contribution is 2.56. The molecule has 0 radical (unpaired) electrons. The van der Waals surface area contributed by atoms with Crippen LogP contribution in [0.5, 0.6) is 0 Å². The van der Waals surface area contributed by atoms with Crippen molar-refractivity contribution in [2.24, 2.45) is 5.41 Å². The smallest absolute Gasteiger partial charge is 0.223 e. The number of aliphatic hydroxyl groups is 1. The minimum Gasteiger partial charge on any atom is -0.390 e. The third kappa shape index (κ3) is 2.98. The molecule has 1 N–H and O–H groups in total. The van der Waals surface area contributed by atoms with Gasteiger partial charge in [-0.05, 0) is 58.5 Å². The first-order valence-corrected chi connectivity index (χ1v) is 8.75. The number of rotatable bonds is 3. The van der Waals surface area contributed by atoms with Crippen molar-refractivity contribution in [1.82, 2.24) is 9.80 Å². The molecule has 0 aromatic rings. The van der Waals surface area contributed by atoms with E-state index in [4.69, 9.17) is 0 Å². The van der Waals surface area contributed by atoms with Gasteiger partial charge < -0.3 is 14.9 Å². The largest absolute Gasteiger partial charge is 0.390 e. The summed E-state index contributed by atoms with van der Waals surface area (Å²) >= 11 is 0. The summed E-state index contributed by atoms with van der Waals surface area (Å²) in [6.45, 7) is 6.92. The first kappa shape index (κ1) is 15.3. The maximum Gasteiger partial charge on any atom is 0.223 e. The van der Waals surface area contributed by atoms with E-state index < -0.39 is 5.60 Å². The van der Waals surface area contributed by atoms with Gasteiger partial charge in [0.25, 0.3) is 0 Å². The van der Waals surface area contributed by atoms with E-state index in [9.17, 15) is 9.90 Å². The van der Waals surface area contributed by atoms with Gasteiger partial charge in [0, 0.05) is 31.5 Å². The molecule has 1 aliphatic carbocycles. The zero-order valence-corrected chi connectivity index (χ0v) is 13.4. The van der Waals surface area contributed by atoms with Crippen LogP contribution in [0.2, 0.25) is 0 Å². The monoisotopic (exact) mass is 294 g/mol. The van der Waals surface area contributed by atoms with Gasteiger partial charge in [-0.15, -0.1) is 0 Å². The fourth-order valence-electron chi connectivity index (χ4n) is 4.41. The van der Waals surface area contributed by atoms with Crippen LogP contribution in [0.1, 0.15) is 58.3 Å². The Morgan fingerprint density at radius 1 is 1.00 bits per heavy atom. The van der Waals surface area contributed by atoms with Gasteiger partial charge in [-0.2, -0.15) is 0 Å². The molecule has 3 fully saturated rings. The number of likely N-dealkylation sites (tertiary alicyclic amines) is 2. The van der Waals surface area contributed by atoms with Crippen molar-refractivity contribution < 1.29 is 9.90 Å². The highest BCUT2D eigenvalue weighted by Gasteiger charge is 2.55.